The van der Waals surface area contributed by atoms with Crippen molar-refractivity contribution in [3.63, 3.8) is 0 Å². The number of unbranched alkanes of at least 4 members (excludes halogenated alkanes) is 1. The Hall–Kier alpha value is -2.90. The van der Waals surface area contributed by atoms with Gasteiger partial charge in [-0.3, -0.25) is 4.90 Å². The molecule has 1 aromatic heterocycles. The first-order valence-electron chi connectivity index (χ1n) is 10.5. The highest BCUT2D eigenvalue weighted by molar-refractivity contribution is 7.17. The second-order valence-corrected chi connectivity index (χ2v) is 8.77. The summed E-state index contributed by atoms with van der Waals surface area (Å²) in [6, 6.07) is 16.3. The second-order valence-electron chi connectivity index (χ2n) is 7.52. The van der Waals surface area contributed by atoms with E-state index in [2.05, 4.69) is 29.2 Å². The maximum atomic E-state index is 13.1. The van der Waals surface area contributed by atoms with E-state index in [1.165, 1.54) is 4.90 Å². The van der Waals surface area contributed by atoms with Crippen LogP contribution in [0.5, 0.6) is 0 Å². The molecule has 1 aliphatic carbocycles. The number of hydrogen-bond donors (Lipinski definition) is 1. The third-order valence-corrected chi connectivity index (χ3v) is 6.89. The SMILES string of the molecule is CCCCN(C(=O)OCC1c2ccccc2-c2ccccc21)c1nc(CCl)c(C(=O)O)s1. The number of carbonyl (C=O) groups is 2. The van der Waals surface area contributed by atoms with Gasteiger partial charge < -0.3 is 9.84 Å². The third kappa shape index (κ3) is 4.23. The maximum Gasteiger partial charge on any atom is 0.416 e. The van der Waals surface area contributed by atoms with Gasteiger partial charge in [-0.15, -0.1) is 11.6 Å². The van der Waals surface area contributed by atoms with Gasteiger partial charge >= 0.3 is 12.1 Å². The number of thiazole rings is 1. The lowest BCUT2D eigenvalue weighted by Crippen LogP contribution is -2.33. The summed E-state index contributed by atoms with van der Waals surface area (Å²) >= 11 is 6.81. The number of aromatic nitrogens is 1. The molecule has 0 spiro atoms. The first kappa shape index (κ1) is 22.3. The minimum Gasteiger partial charge on any atom is -0.477 e. The van der Waals surface area contributed by atoms with E-state index < -0.39 is 12.1 Å². The van der Waals surface area contributed by atoms with Gasteiger partial charge in [0.15, 0.2) is 5.13 Å². The lowest BCUT2D eigenvalue weighted by molar-refractivity contribution is 0.0701. The first-order valence-corrected chi connectivity index (χ1v) is 11.8. The molecule has 8 heteroatoms. The summed E-state index contributed by atoms with van der Waals surface area (Å²) in [4.78, 5) is 30.4. The zero-order valence-corrected chi connectivity index (χ0v) is 19.2. The third-order valence-electron chi connectivity index (χ3n) is 5.53. The number of fused-ring (bicyclic) bond motifs is 3. The molecule has 3 aromatic rings. The molecule has 6 nitrogen and oxygen atoms in total. The largest absolute Gasteiger partial charge is 0.477 e. The van der Waals surface area contributed by atoms with Gasteiger partial charge in [0.1, 0.15) is 11.5 Å². The van der Waals surface area contributed by atoms with Gasteiger partial charge in [-0.2, -0.15) is 0 Å². The monoisotopic (exact) mass is 470 g/mol. The molecule has 4 rings (SSSR count). The number of carbonyl (C=O) groups excluding carboxylic acids is 1. The Morgan fingerprint density at radius 1 is 1.12 bits per heavy atom. The number of aromatic carboxylic acids is 1. The fraction of sp³-hybridized carbons (Fsp3) is 0.292. The molecule has 1 amide bonds. The Labute approximate surface area is 195 Å². The van der Waals surface area contributed by atoms with E-state index in [1.54, 1.807) is 0 Å². The predicted octanol–water partition coefficient (Wildman–Crippen LogP) is 6.14. The zero-order valence-electron chi connectivity index (χ0n) is 17.6. The molecule has 0 fully saturated rings. The summed E-state index contributed by atoms with van der Waals surface area (Å²) in [5.74, 6) is -1.19. The van der Waals surface area contributed by atoms with E-state index in [9.17, 15) is 14.7 Å². The van der Waals surface area contributed by atoms with Crippen LogP contribution in [0.2, 0.25) is 0 Å². The average Bonchev–Trinajstić information content (AvgIpc) is 3.38. The van der Waals surface area contributed by atoms with Crippen molar-refractivity contribution in [3.05, 3.63) is 70.2 Å². The van der Waals surface area contributed by atoms with E-state index in [4.69, 9.17) is 16.3 Å². The Bertz CT molecular complexity index is 1100. The molecule has 2 aromatic carbocycles. The van der Waals surface area contributed by atoms with Crippen LogP contribution in [-0.2, 0) is 10.6 Å². The summed E-state index contributed by atoms with van der Waals surface area (Å²) in [6.45, 7) is 2.60. The van der Waals surface area contributed by atoms with Crippen LogP contribution in [0.15, 0.2) is 48.5 Å². The molecule has 0 saturated carbocycles. The zero-order chi connectivity index (χ0) is 22.7. The van der Waals surface area contributed by atoms with Crippen LogP contribution >= 0.6 is 22.9 Å². The van der Waals surface area contributed by atoms with Crippen molar-refractivity contribution in [2.75, 3.05) is 18.1 Å². The van der Waals surface area contributed by atoms with Gasteiger partial charge in [-0.05, 0) is 28.7 Å². The fourth-order valence-corrected chi connectivity index (χ4v) is 5.18. The van der Waals surface area contributed by atoms with Crippen LogP contribution in [0, 0.1) is 0 Å². The quantitative estimate of drug-likeness (QED) is 0.400. The van der Waals surface area contributed by atoms with Crippen molar-refractivity contribution in [3.8, 4) is 11.1 Å². The van der Waals surface area contributed by atoms with E-state index in [1.807, 2.05) is 31.2 Å². The number of amides is 1. The molecule has 166 valence electrons. The number of benzene rings is 2. The number of carboxylic acid groups (broad SMARTS) is 1. The average molecular weight is 471 g/mol. The van der Waals surface area contributed by atoms with Gasteiger partial charge in [0, 0.05) is 12.5 Å². The number of anilines is 1. The van der Waals surface area contributed by atoms with Gasteiger partial charge in [0.05, 0.1) is 11.6 Å². The highest BCUT2D eigenvalue weighted by atomic mass is 35.5. The van der Waals surface area contributed by atoms with Crippen molar-refractivity contribution >= 4 is 40.1 Å². The molecule has 0 aliphatic heterocycles. The van der Waals surface area contributed by atoms with Crippen LogP contribution in [0.3, 0.4) is 0 Å². The van der Waals surface area contributed by atoms with Crippen LogP contribution < -0.4 is 4.90 Å². The van der Waals surface area contributed by atoms with Crippen molar-refractivity contribution in [2.45, 2.75) is 31.6 Å². The maximum absolute atomic E-state index is 13.1. The molecular weight excluding hydrogens is 448 g/mol. The summed E-state index contributed by atoms with van der Waals surface area (Å²) in [5.41, 5.74) is 4.84. The standard InChI is InChI=1S/C24H23ClN2O4S/c1-2-3-12-27(23-26-20(13-25)21(32-23)22(28)29)24(30)31-14-19-17-10-6-4-8-15(17)16-9-5-7-11-18(16)19/h4-11,19H,2-3,12-14H2,1H3,(H,28,29). The summed E-state index contributed by atoms with van der Waals surface area (Å²) in [5, 5.41) is 9.71. The van der Waals surface area contributed by atoms with Crippen LogP contribution in [0.4, 0.5) is 9.93 Å². The van der Waals surface area contributed by atoms with E-state index in [0.717, 1.165) is 46.4 Å². The highest BCUT2D eigenvalue weighted by Crippen LogP contribution is 2.44. The lowest BCUT2D eigenvalue weighted by Gasteiger charge is -2.21. The lowest BCUT2D eigenvalue weighted by atomic mass is 9.98. The van der Waals surface area contributed by atoms with E-state index in [0.29, 0.717) is 11.7 Å². The Balaban J connectivity index is 1.57. The fourth-order valence-electron chi connectivity index (χ4n) is 3.97. The summed E-state index contributed by atoms with van der Waals surface area (Å²) < 4.78 is 5.77. The van der Waals surface area contributed by atoms with Gasteiger partial charge in [0.25, 0.3) is 0 Å². The number of halogens is 1. The summed E-state index contributed by atoms with van der Waals surface area (Å²) in [7, 11) is 0. The molecular formula is C24H23ClN2O4S. The minimum absolute atomic E-state index is 0.0373. The number of carboxylic acids is 1. The molecule has 0 atom stereocenters. The van der Waals surface area contributed by atoms with Crippen LogP contribution in [-0.4, -0.2) is 35.3 Å². The Kier molecular flexibility index (Phi) is 6.77. The van der Waals surface area contributed by atoms with Crippen molar-refractivity contribution in [2.24, 2.45) is 0 Å². The second kappa shape index (κ2) is 9.71. The first-order chi connectivity index (χ1) is 15.5. The molecule has 0 unspecified atom stereocenters. The van der Waals surface area contributed by atoms with Crippen LogP contribution in [0.25, 0.3) is 11.1 Å². The molecule has 0 radical (unpaired) electrons. The Morgan fingerprint density at radius 2 is 1.75 bits per heavy atom. The number of alkyl halides is 1. The van der Waals surface area contributed by atoms with Crippen molar-refractivity contribution < 1.29 is 19.4 Å². The molecule has 1 N–H and O–H groups in total. The number of nitrogens with zero attached hydrogens (tertiary/aromatic N) is 2. The molecule has 32 heavy (non-hydrogen) atoms. The molecule has 1 heterocycles. The van der Waals surface area contributed by atoms with E-state index >= 15 is 0 Å². The number of ether oxygens (including phenoxy) is 1. The van der Waals surface area contributed by atoms with Crippen LogP contribution in [0.1, 0.15) is 52.2 Å². The summed E-state index contributed by atoms with van der Waals surface area (Å²) in [6.07, 6.45) is 1.07. The topological polar surface area (TPSA) is 79.7 Å². The van der Waals surface area contributed by atoms with Gasteiger partial charge in [-0.1, -0.05) is 73.2 Å². The van der Waals surface area contributed by atoms with Crippen molar-refractivity contribution in [1.29, 1.82) is 0 Å². The van der Waals surface area contributed by atoms with E-state index in [-0.39, 0.29) is 29.0 Å². The molecule has 0 bridgehead atoms. The number of rotatable bonds is 8. The molecule has 0 saturated heterocycles. The number of hydrogen-bond acceptors (Lipinski definition) is 5. The highest BCUT2D eigenvalue weighted by Gasteiger charge is 2.31. The minimum atomic E-state index is -1.10. The Morgan fingerprint density at radius 3 is 2.28 bits per heavy atom. The predicted molar refractivity (Wildman–Crippen MR) is 126 cm³/mol. The normalized spacial score (nSPS) is 12.3. The smallest absolute Gasteiger partial charge is 0.416 e. The molecule has 1 aliphatic rings. The van der Waals surface area contributed by atoms with Gasteiger partial charge in [0.2, 0.25) is 0 Å². The van der Waals surface area contributed by atoms with Crippen molar-refractivity contribution in [1.82, 2.24) is 4.98 Å². The van der Waals surface area contributed by atoms with Gasteiger partial charge in [-0.25, -0.2) is 14.6 Å².